The molecule has 12 heteroatoms. The number of rotatable bonds is 5. The number of nitrogens with two attached hydrogens (primary N) is 1. The zero-order valence-electron chi connectivity index (χ0n) is 21.9. The van der Waals surface area contributed by atoms with E-state index in [9.17, 15) is 14.4 Å². The summed E-state index contributed by atoms with van der Waals surface area (Å²) in [4.78, 5) is 29.3. The van der Waals surface area contributed by atoms with Crippen LogP contribution in [0.3, 0.4) is 0 Å². The van der Waals surface area contributed by atoms with E-state index in [0.717, 1.165) is 63.1 Å². The number of nitrogen functional groups attached to an aromatic ring is 1. The molecule has 4 aliphatic heterocycles. The monoisotopic (exact) mass is 552 g/mol. The van der Waals surface area contributed by atoms with Gasteiger partial charge in [0, 0.05) is 55.5 Å². The summed E-state index contributed by atoms with van der Waals surface area (Å²) in [5, 5.41) is 13.3. The average Bonchev–Trinajstić information content (AvgIpc) is 3.54. The number of nitrogens with one attached hydrogen (secondary N) is 1. The summed E-state index contributed by atoms with van der Waals surface area (Å²) in [6.07, 6.45) is 4.66. The first-order chi connectivity index (χ1) is 18.9. The summed E-state index contributed by atoms with van der Waals surface area (Å²) in [6, 6.07) is 4.55. The molecule has 7 rings (SSSR count). The molecule has 39 heavy (non-hydrogen) atoms. The van der Waals surface area contributed by atoms with Gasteiger partial charge in [-0.2, -0.15) is 15.2 Å². The Labute approximate surface area is 230 Å². The molecular weight excluding hydrogens is 519 g/mol. The highest BCUT2D eigenvalue weighted by Crippen LogP contribution is 2.51. The highest BCUT2D eigenvalue weighted by molar-refractivity contribution is 7.16. The molecule has 0 bridgehead atoms. The molecule has 2 aromatic rings. The quantitative estimate of drug-likeness (QED) is 0.573. The van der Waals surface area contributed by atoms with Crippen molar-refractivity contribution in [2.24, 2.45) is 0 Å². The number of alkyl halides is 1. The van der Waals surface area contributed by atoms with E-state index in [0.29, 0.717) is 49.0 Å². The third-order valence-corrected chi connectivity index (χ3v) is 10.4. The third kappa shape index (κ3) is 4.09. The van der Waals surface area contributed by atoms with Gasteiger partial charge < -0.3 is 25.6 Å². The Morgan fingerprint density at radius 3 is 2.85 bits per heavy atom. The molecule has 206 valence electrons. The third-order valence-electron chi connectivity index (χ3n) is 9.29. The van der Waals surface area contributed by atoms with Crippen molar-refractivity contribution in [3.8, 4) is 12.1 Å². The van der Waals surface area contributed by atoms with Gasteiger partial charge in [0.25, 0.3) is 0 Å². The maximum atomic E-state index is 14.3. The number of carbonyl (C=O) groups excluding carboxylic acids is 1. The van der Waals surface area contributed by atoms with Gasteiger partial charge in [-0.3, -0.25) is 9.69 Å². The van der Waals surface area contributed by atoms with Crippen molar-refractivity contribution in [1.82, 2.24) is 20.2 Å². The van der Waals surface area contributed by atoms with E-state index in [1.54, 1.807) is 11.3 Å². The van der Waals surface area contributed by atoms with Gasteiger partial charge in [0.1, 0.15) is 35.5 Å². The van der Waals surface area contributed by atoms with Gasteiger partial charge in [0.2, 0.25) is 5.91 Å². The van der Waals surface area contributed by atoms with Crippen LogP contribution < -0.4 is 25.6 Å². The first-order valence-electron chi connectivity index (χ1n) is 13.9. The maximum Gasteiger partial charge on any atom is 0.320 e. The molecule has 6 heterocycles. The average molecular weight is 553 g/mol. The predicted octanol–water partition coefficient (Wildman–Crippen LogP) is 1.98. The number of hydrogen-bond acceptors (Lipinski definition) is 10. The number of fused-ring (bicyclic) bond motifs is 3. The second-order valence-corrected chi connectivity index (χ2v) is 12.9. The van der Waals surface area contributed by atoms with E-state index >= 15 is 0 Å². The van der Waals surface area contributed by atoms with Crippen LogP contribution in [-0.2, 0) is 16.6 Å². The number of piperazine rings is 1. The SMILES string of the molecule is N#Cc1c(N)sc2c1C1(CCC2)CN(c2cc(N3CCNC(=O)C3)nc(OC[C@@]34CCCN3C[C@H](F)C4)n2)C1. The Bertz CT molecular complexity index is 1350. The zero-order valence-corrected chi connectivity index (χ0v) is 22.7. The molecule has 5 aliphatic rings. The normalized spacial score (nSPS) is 27.6. The number of nitrogens with zero attached hydrogens (tertiary/aromatic N) is 6. The number of aromatic nitrogens is 2. The molecule has 4 saturated heterocycles. The van der Waals surface area contributed by atoms with Crippen molar-refractivity contribution in [2.75, 3.05) is 68.0 Å². The van der Waals surface area contributed by atoms with Crippen LogP contribution in [0, 0.1) is 11.3 Å². The van der Waals surface area contributed by atoms with E-state index in [4.69, 9.17) is 20.4 Å². The van der Waals surface area contributed by atoms with E-state index < -0.39 is 6.17 Å². The minimum absolute atomic E-state index is 0.0407. The molecule has 1 amide bonds. The van der Waals surface area contributed by atoms with Crippen molar-refractivity contribution in [2.45, 2.75) is 55.7 Å². The van der Waals surface area contributed by atoms with Gasteiger partial charge in [0.05, 0.1) is 17.6 Å². The highest BCUT2D eigenvalue weighted by atomic mass is 32.1. The summed E-state index contributed by atoms with van der Waals surface area (Å²) < 4.78 is 20.6. The van der Waals surface area contributed by atoms with E-state index in [2.05, 4.69) is 21.2 Å². The van der Waals surface area contributed by atoms with Crippen LogP contribution in [-0.4, -0.2) is 84.9 Å². The number of nitriles is 1. The Morgan fingerprint density at radius 2 is 2.05 bits per heavy atom. The number of anilines is 3. The molecule has 0 unspecified atom stereocenters. The number of halogens is 1. The minimum atomic E-state index is -0.828. The van der Waals surface area contributed by atoms with Crippen molar-refractivity contribution in [3.63, 3.8) is 0 Å². The van der Waals surface area contributed by atoms with Crippen LogP contribution >= 0.6 is 11.3 Å². The summed E-state index contributed by atoms with van der Waals surface area (Å²) in [6.45, 7) is 4.62. The first kappa shape index (κ1) is 24.8. The second kappa shape index (κ2) is 9.20. The molecular formula is C27H33FN8O2S. The van der Waals surface area contributed by atoms with Gasteiger partial charge in [-0.05, 0) is 44.2 Å². The molecule has 4 fully saturated rings. The minimum Gasteiger partial charge on any atom is -0.461 e. The van der Waals surface area contributed by atoms with Crippen LogP contribution in [0.25, 0.3) is 0 Å². The van der Waals surface area contributed by atoms with E-state index in [1.165, 1.54) is 4.88 Å². The summed E-state index contributed by atoms with van der Waals surface area (Å²) in [7, 11) is 0. The Kier molecular flexibility index (Phi) is 5.86. The van der Waals surface area contributed by atoms with Crippen molar-refractivity contribution >= 4 is 33.9 Å². The lowest BCUT2D eigenvalue weighted by molar-refractivity contribution is -0.120. The van der Waals surface area contributed by atoms with Crippen molar-refractivity contribution in [3.05, 3.63) is 22.1 Å². The van der Waals surface area contributed by atoms with Crippen molar-refractivity contribution < 1.29 is 13.9 Å². The van der Waals surface area contributed by atoms with Crippen LogP contribution in [0.5, 0.6) is 6.01 Å². The Morgan fingerprint density at radius 1 is 1.23 bits per heavy atom. The molecule has 3 N–H and O–H groups in total. The van der Waals surface area contributed by atoms with Crippen LogP contribution in [0.15, 0.2) is 6.07 Å². The number of aryl methyl sites for hydroxylation is 1. The molecule has 2 atom stereocenters. The first-order valence-corrected chi connectivity index (χ1v) is 14.7. The fourth-order valence-electron chi connectivity index (χ4n) is 7.49. The lowest BCUT2D eigenvalue weighted by Crippen LogP contribution is -2.61. The molecule has 10 nitrogen and oxygen atoms in total. The number of thiophene rings is 1. The molecule has 0 radical (unpaired) electrons. The predicted molar refractivity (Wildman–Crippen MR) is 146 cm³/mol. The Balaban J connectivity index is 1.17. The largest absolute Gasteiger partial charge is 0.461 e. The Hall–Kier alpha value is -3.17. The number of amides is 1. The van der Waals surface area contributed by atoms with Crippen LogP contribution in [0.1, 0.15) is 48.1 Å². The van der Waals surface area contributed by atoms with Gasteiger partial charge in [-0.15, -0.1) is 11.3 Å². The molecule has 2 aromatic heterocycles. The van der Waals surface area contributed by atoms with Crippen LogP contribution in [0.2, 0.25) is 0 Å². The summed E-state index contributed by atoms with van der Waals surface area (Å²) in [5.74, 6) is 1.36. The van der Waals surface area contributed by atoms with Gasteiger partial charge in [0.15, 0.2) is 0 Å². The lowest BCUT2D eigenvalue weighted by Gasteiger charge is -2.53. The standard InChI is InChI=1S/C27H33FN8O2S/c28-17-10-27(5-2-7-36(27)12-17)16-38-25-32-20(34-8-6-31-22(37)13-34)9-21(33-25)35-14-26(15-35)4-1-3-19-23(26)18(11-29)24(30)39-19/h9,17H,1-8,10,12-16,30H2,(H,31,37)/t17-,27+/m1/s1. The van der Waals surface area contributed by atoms with Gasteiger partial charge in [-0.25, -0.2) is 4.39 Å². The number of ether oxygens (including phenoxy) is 1. The van der Waals surface area contributed by atoms with E-state index in [-0.39, 0.29) is 29.4 Å². The van der Waals surface area contributed by atoms with Crippen molar-refractivity contribution in [1.29, 1.82) is 5.26 Å². The molecule has 1 aliphatic carbocycles. The molecule has 0 aromatic carbocycles. The zero-order chi connectivity index (χ0) is 26.8. The summed E-state index contributed by atoms with van der Waals surface area (Å²) in [5.41, 5.74) is 7.60. The van der Waals surface area contributed by atoms with Gasteiger partial charge in [-0.1, -0.05) is 0 Å². The maximum absolute atomic E-state index is 14.3. The molecule has 1 spiro atoms. The van der Waals surface area contributed by atoms with Crippen LogP contribution in [0.4, 0.5) is 21.0 Å². The van der Waals surface area contributed by atoms with Gasteiger partial charge >= 0.3 is 6.01 Å². The molecule has 0 saturated carbocycles. The highest BCUT2D eigenvalue weighted by Gasteiger charge is 2.51. The van der Waals surface area contributed by atoms with E-state index in [1.807, 2.05) is 11.0 Å². The fraction of sp³-hybridized carbons (Fsp3) is 0.630. The summed E-state index contributed by atoms with van der Waals surface area (Å²) >= 11 is 1.56. The topological polar surface area (TPSA) is 124 Å². The smallest absolute Gasteiger partial charge is 0.320 e. The number of hydrogen-bond donors (Lipinski definition) is 2. The second-order valence-electron chi connectivity index (χ2n) is 11.7. The fourth-order valence-corrected chi connectivity index (χ4v) is 8.67. The number of carbonyl (C=O) groups is 1. The lowest BCUT2D eigenvalue weighted by atomic mass is 9.66.